The third kappa shape index (κ3) is 3.54. The summed E-state index contributed by atoms with van der Waals surface area (Å²) >= 11 is 0. The molecule has 0 aromatic carbocycles. The van der Waals surface area contributed by atoms with Crippen LogP contribution in [0.25, 0.3) is 0 Å². The van der Waals surface area contributed by atoms with E-state index in [1.807, 2.05) is 0 Å². The topological polar surface area (TPSA) is 20.2 Å². The third-order valence-corrected chi connectivity index (χ3v) is 3.51. The van der Waals surface area contributed by atoms with E-state index in [1.165, 1.54) is 6.42 Å². The quantitative estimate of drug-likeness (QED) is 0.654. The fourth-order valence-electron chi connectivity index (χ4n) is 1.59. The molecule has 0 saturated heterocycles. The van der Waals surface area contributed by atoms with Crippen LogP contribution >= 0.6 is 0 Å². The van der Waals surface area contributed by atoms with E-state index in [9.17, 15) is 5.11 Å². The SMILES string of the molecule is C[Si](C)(C)/C=C/C1CC[C@H](O)C1. The summed E-state index contributed by atoms with van der Waals surface area (Å²) in [6, 6.07) is 0. The van der Waals surface area contributed by atoms with Crippen LogP contribution < -0.4 is 0 Å². The lowest BCUT2D eigenvalue weighted by Gasteiger charge is -2.10. The second kappa shape index (κ2) is 3.75. The molecule has 0 spiro atoms. The van der Waals surface area contributed by atoms with E-state index in [0.29, 0.717) is 5.92 Å². The van der Waals surface area contributed by atoms with Crippen molar-refractivity contribution >= 4 is 8.07 Å². The van der Waals surface area contributed by atoms with E-state index in [2.05, 4.69) is 31.4 Å². The molecule has 0 aromatic heterocycles. The normalized spacial score (nSPS) is 31.7. The molecule has 0 aliphatic heterocycles. The Morgan fingerprint density at radius 2 is 1.92 bits per heavy atom. The first kappa shape index (κ1) is 10.0. The van der Waals surface area contributed by atoms with Crippen LogP contribution in [0.1, 0.15) is 19.3 Å². The zero-order chi connectivity index (χ0) is 9.19. The molecule has 1 unspecified atom stereocenters. The number of allylic oxidation sites excluding steroid dienone is 1. The van der Waals surface area contributed by atoms with Crippen LogP contribution in [0.4, 0.5) is 0 Å². The summed E-state index contributed by atoms with van der Waals surface area (Å²) in [6.07, 6.45) is 5.48. The van der Waals surface area contributed by atoms with Crippen molar-refractivity contribution < 1.29 is 5.11 Å². The van der Waals surface area contributed by atoms with Crippen molar-refractivity contribution in [2.45, 2.75) is 45.0 Å². The maximum atomic E-state index is 9.31. The average Bonchev–Trinajstić information content (AvgIpc) is 2.30. The summed E-state index contributed by atoms with van der Waals surface area (Å²) < 4.78 is 0. The molecule has 0 bridgehead atoms. The van der Waals surface area contributed by atoms with Gasteiger partial charge >= 0.3 is 0 Å². The zero-order valence-electron chi connectivity index (χ0n) is 8.38. The molecule has 0 amide bonds. The largest absolute Gasteiger partial charge is 0.393 e. The van der Waals surface area contributed by atoms with Gasteiger partial charge in [0.05, 0.1) is 14.2 Å². The van der Waals surface area contributed by atoms with Gasteiger partial charge in [0.15, 0.2) is 0 Å². The Morgan fingerprint density at radius 1 is 1.25 bits per heavy atom. The minimum atomic E-state index is -1.01. The first-order valence-corrected chi connectivity index (χ1v) is 8.42. The Morgan fingerprint density at radius 3 is 2.33 bits per heavy atom. The Kier molecular flexibility index (Phi) is 3.13. The minimum Gasteiger partial charge on any atom is -0.393 e. The van der Waals surface area contributed by atoms with E-state index in [0.717, 1.165) is 12.8 Å². The second-order valence-corrected chi connectivity index (χ2v) is 10.0. The minimum absolute atomic E-state index is 0.0266. The molecule has 2 heteroatoms. The van der Waals surface area contributed by atoms with Gasteiger partial charge in [0, 0.05) is 0 Å². The van der Waals surface area contributed by atoms with Gasteiger partial charge in [0.1, 0.15) is 0 Å². The third-order valence-electron chi connectivity index (χ3n) is 2.31. The van der Waals surface area contributed by atoms with Crippen LogP contribution in [-0.2, 0) is 0 Å². The van der Waals surface area contributed by atoms with Gasteiger partial charge in [-0.05, 0) is 25.2 Å². The highest BCUT2D eigenvalue weighted by molar-refractivity contribution is 6.80. The lowest BCUT2D eigenvalue weighted by Crippen LogP contribution is -2.16. The van der Waals surface area contributed by atoms with Gasteiger partial charge in [-0.3, -0.25) is 0 Å². The number of aliphatic hydroxyl groups is 1. The molecule has 0 aromatic rings. The van der Waals surface area contributed by atoms with Crippen molar-refractivity contribution in [3.05, 3.63) is 11.8 Å². The summed E-state index contributed by atoms with van der Waals surface area (Å²) in [7, 11) is -1.01. The number of hydrogen-bond donors (Lipinski definition) is 1. The molecule has 1 fully saturated rings. The Hall–Kier alpha value is -0.0831. The first-order valence-electron chi connectivity index (χ1n) is 4.85. The molecule has 1 rings (SSSR count). The fraction of sp³-hybridized carbons (Fsp3) is 0.800. The smallest absolute Gasteiger partial charge is 0.0682 e. The maximum absolute atomic E-state index is 9.31. The first-order chi connectivity index (χ1) is 5.47. The number of rotatable bonds is 2. The highest BCUT2D eigenvalue weighted by Gasteiger charge is 2.20. The zero-order valence-corrected chi connectivity index (χ0v) is 9.38. The highest BCUT2D eigenvalue weighted by atomic mass is 28.3. The lowest BCUT2D eigenvalue weighted by molar-refractivity contribution is 0.180. The molecule has 1 saturated carbocycles. The van der Waals surface area contributed by atoms with Crippen molar-refractivity contribution in [3.8, 4) is 0 Å². The molecule has 12 heavy (non-hydrogen) atoms. The average molecular weight is 184 g/mol. The van der Waals surface area contributed by atoms with Crippen molar-refractivity contribution in [1.29, 1.82) is 0 Å². The van der Waals surface area contributed by atoms with E-state index in [4.69, 9.17) is 0 Å². The van der Waals surface area contributed by atoms with Crippen LogP contribution in [0.15, 0.2) is 11.8 Å². The monoisotopic (exact) mass is 184 g/mol. The van der Waals surface area contributed by atoms with Crippen LogP contribution in [0.5, 0.6) is 0 Å². The van der Waals surface area contributed by atoms with Crippen molar-refractivity contribution in [3.63, 3.8) is 0 Å². The molecule has 1 aliphatic rings. The van der Waals surface area contributed by atoms with Gasteiger partial charge in [-0.15, -0.1) is 0 Å². The van der Waals surface area contributed by atoms with Crippen LogP contribution in [-0.4, -0.2) is 19.3 Å². The van der Waals surface area contributed by atoms with Crippen molar-refractivity contribution in [2.24, 2.45) is 5.92 Å². The molecular formula is C10H20OSi. The van der Waals surface area contributed by atoms with Crippen LogP contribution in [0.2, 0.25) is 19.6 Å². The van der Waals surface area contributed by atoms with Gasteiger partial charge in [-0.2, -0.15) is 0 Å². The van der Waals surface area contributed by atoms with E-state index < -0.39 is 8.07 Å². The molecule has 70 valence electrons. The second-order valence-electron chi connectivity index (χ2n) is 4.95. The summed E-state index contributed by atoms with van der Waals surface area (Å²) in [4.78, 5) is 0. The summed E-state index contributed by atoms with van der Waals surface area (Å²) in [5.74, 6) is 0.659. The van der Waals surface area contributed by atoms with E-state index >= 15 is 0 Å². The Labute approximate surface area is 76.5 Å². The lowest BCUT2D eigenvalue weighted by atomic mass is 10.1. The molecule has 1 N–H and O–H groups in total. The van der Waals surface area contributed by atoms with E-state index in [1.54, 1.807) is 0 Å². The molecule has 0 heterocycles. The molecule has 0 radical (unpaired) electrons. The number of hydrogen-bond acceptors (Lipinski definition) is 1. The van der Waals surface area contributed by atoms with Gasteiger partial charge in [-0.1, -0.05) is 31.4 Å². The standard InChI is InChI=1S/C10H20OSi/c1-12(2,3)7-6-9-4-5-10(11)8-9/h6-7,9-11H,4-5,8H2,1-3H3/b7-6+/t9?,10-/m0/s1. The van der Waals surface area contributed by atoms with Gasteiger partial charge < -0.3 is 5.11 Å². The van der Waals surface area contributed by atoms with Crippen LogP contribution in [0, 0.1) is 5.92 Å². The van der Waals surface area contributed by atoms with E-state index in [-0.39, 0.29) is 6.10 Å². The Bertz CT molecular complexity index is 169. The van der Waals surface area contributed by atoms with Gasteiger partial charge in [0.25, 0.3) is 0 Å². The van der Waals surface area contributed by atoms with Crippen LogP contribution in [0.3, 0.4) is 0 Å². The highest BCUT2D eigenvalue weighted by Crippen LogP contribution is 2.26. The van der Waals surface area contributed by atoms with Gasteiger partial charge in [-0.25, -0.2) is 0 Å². The maximum Gasteiger partial charge on any atom is 0.0682 e. The summed E-state index contributed by atoms with van der Waals surface area (Å²) in [5, 5.41) is 9.31. The molecule has 1 nitrogen and oxygen atoms in total. The fourth-order valence-corrected chi connectivity index (χ4v) is 2.44. The van der Waals surface area contributed by atoms with Gasteiger partial charge in [0.2, 0.25) is 0 Å². The summed E-state index contributed by atoms with van der Waals surface area (Å²) in [5.41, 5.74) is 2.40. The Balaban J connectivity index is 2.37. The number of aliphatic hydroxyl groups excluding tert-OH is 1. The molecular weight excluding hydrogens is 164 g/mol. The predicted octanol–water partition coefficient (Wildman–Crippen LogP) is 2.58. The predicted molar refractivity (Wildman–Crippen MR) is 55.8 cm³/mol. The van der Waals surface area contributed by atoms with Crippen molar-refractivity contribution in [2.75, 3.05) is 0 Å². The molecule has 1 aliphatic carbocycles. The summed E-state index contributed by atoms with van der Waals surface area (Å²) in [6.45, 7) is 7.03. The van der Waals surface area contributed by atoms with Crippen molar-refractivity contribution in [1.82, 2.24) is 0 Å². The molecule has 2 atom stereocenters.